The molecule has 6 heteroatoms. The van der Waals surface area contributed by atoms with Gasteiger partial charge in [-0.15, -0.1) is 12.4 Å². The smallest absolute Gasteiger partial charge is 1.00 e. The Kier molecular flexibility index (Phi) is 779. The Hall–Kier alpha value is 2.28. The minimum atomic E-state index is 0. The molecule has 0 aliphatic heterocycles. The summed E-state index contributed by atoms with van der Waals surface area (Å²) in [6, 6.07) is 0. The summed E-state index contributed by atoms with van der Waals surface area (Å²) in [5, 5.41) is 0. The third-order valence-electron chi connectivity index (χ3n) is 0. The van der Waals surface area contributed by atoms with E-state index >= 15 is 0 Å². The van der Waals surface area contributed by atoms with Gasteiger partial charge in [0.25, 0.3) is 0 Å². The largest absolute Gasteiger partial charge is 2.00 e. The van der Waals surface area contributed by atoms with Gasteiger partial charge in [0.2, 0.25) is 0 Å². The maximum Gasteiger partial charge on any atom is 2.00 e. The Morgan fingerprint density at radius 3 is 0.667 bits per heavy atom. The van der Waals surface area contributed by atoms with Crippen molar-refractivity contribution in [3.05, 3.63) is 0 Å². The van der Waals surface area contributed by atoms with Crippen LogP contribution >= 0.6 is 12.4 Å². The van der Waals surface area contributed by atoms with E-state index in [9.17, 15) is 0 Å². The Morgan fingerprint density at radius 2 is 0.667 bits per heavy atom. The molecule has 0 bridgehead atoms. The van der Waals surface area contributed by atoms with Crippen LogP contribution in [0.25, 0.3) is 0 Å². The quantitative estimate of drug-likeness (QED) is 0.351. The van der Waals surface area contributed by atoms with Crippen molar-refractivity contribution in [3.63, 3.8) is 0 Å². The fourth-order valence-corrected chi connectivity index (χ4v) is 0. The molecule has 0 aromatic heterocycles. The van der Waals surface area contributed by atoms with Gasteiger partial charge in [0.15, 0.2) is 0 Å². The summed E-state index contributed by atoms with van der Waals surface area (Å²) in [7, 11) is 0. The van der Waals surface area contributed by atoms with E-state index in [1.165, 1.54) is 0 Å². The number of halogens is 4. The Labute approximate surface area is 84.9 Å². The van der Waals surface area contributed by atoms with Crippen molar-refractivity contribution >= 4 is 12.4 Å². The predicted octanol–water partition coefficient (Wildman–Crippen LogP) is -11.6. The van der Waals surface area contributed by atoms with E-state index in [0.29, 0.717) is 0 Å². The van der Waals surface area contributed by atoms with Gasteiger partial charge in [-0.1, -0.05) is 0 Å². The normalized spacial score (nSPS) is 0. The van der Waals surface area contributed by atoms with Gasteiger partial charge in [0.1, 0.15) is 0 Å². The van der Waals surface area contributed by atoms with Gasteiger partial charge in [-0.3, -0.25) is 0 Å². The standard InChI is InChI=1S/4ClH.Cu.Li/h4*1H;;/q;;;;+2;+1/p-3. The Morgan fingerprint density at radius 1 is 0.667 bits per heavy atom. The van der Waals surface area contributed by atoms with Crippen LogP contribution in [0.1, 0.15) is 0 Å². The molecule has 0 fully saturated rings. The predicted molar refractivity (Wildman–Crippen MR) is 7.25 cm³/mol. The molecule has 0 N–H and O–H groups in total. The Bertz CT molecular complexity index is 7.51. The summed E-state index contributed by atoms with van der Waals surface area (Å²) in [6.07, 6.45) is 0. The average molecular weight is 213 g/mol. The van der Waals surface area contributed by atoms with Crippen LogP contribution in [0.15, 0.2) is 0 Å². The number of hydrogen-bond acceptors (Lipinski definition) is 0. The molecule has 0 atom stereocenters. The molecular weight excluding hydrogens is 212 g/mol. The summed E-state index contributed by atoms with van der Waals surface area (Å²) in [5.74, 6) is 0. The first-order valence-electron chi connectivity index (χ1n) is 0. The van der Waals surface area contributed by atoms with Gasteiger partial charge >= 0.3 is 35.9 Å². The summed E-state index contributed by atoms with van der Waals surface area (Å²) in [5.41, 5.74) is 0. The molecule has 0 saturated heterocycles. The van der Waals surface area contributed by atoms with E-state index in [2.05, 4.69) is 0 Å². The van der Waals surface area contributed by atoms with Crippen molar-refractivity contribution in [1.29, 1.82) is 0 Å². The minimum Gasteiger partial charge on any atom is -1.00 e. The minimum absolute atomic E-state index is 0. The second kappa shape index (κ2) is 55.3. The zero-order chi connectivity index (χ0) is 0. The van der Waals surface area contributed by atoms with Crippen LogP contribution in [0.4, 0.5) is 0 Å². The molecule has 0 spiro atoms. The summed E-state index contributed by atoms with van der Waals surface area (Å²) < 4.78 is 0. The first-order chi connectivity index (χ1) is 0. The van der Waals surface area contributed by atoms with Crippen molar-refractivity contribution in [3.8, 4) is 0 Å². The van der Waals surface area contributed by atoms with Gasteiger partial charge in [0.05, 0.1) is 0 Å². The van der Waals surface area contributed by atoms with E-state index in [4.69, 9.17) is 0 Å². The van der Waals surface area contributed by atoms with E-state index in [-0.39, 0.29) is 85.6 Å². The van der Waals surface area contributed by atoms with Gasteiger partial charge in [-0.05, 0) is 0 Å². The van der Waals surface area contributed by atoms with Crippen LogP contribution in [0.3, 0.4) is 0 Å². The second-order valence-corrected chi connectivity index (χ2v) is 0. The van der Waals surface area contributed by atoms with Crippen LogP contribution in [0.2, 0.25) is 0 Å². The van der Waals surface area contributed by atoms with Crippen LogP contribution in [-0.4, -0.2) is 0 Å². The van der Waals surface area contributed by atoms with Crippen LogP contribution in [-0.2, 0) is 17.1 Å². The molecule has 0 saturated carbocycles. The van der Waals surface area contributed by atoms with Crippen molar-refractivity contribution in [2.45, 2.75) is 0 Å². The third-order valence-corrected chi connectivity index (χ3v) is 0. The fourth-order valence-electron chi connectivity index (χ4n) is 0. The molecule has 0 rings (SSSR count). The van der Waals surface area contributed by atoms with E-state index < -0.39 is 0 Å². The maximum absolute atomic E-state index is 0. The van der Waals surface area contributed by atoms with Gasteiger partial charge in [-0.25, -0.2) is 0 Å². The molecule has 0 aromatic carbocycles. The van der Waals surface area contributed by atoms with E-state index in [1.54, 1.807) is 0 Å². The van der Waals surface area contributed by atoms with Gasteiger partial charge < -0.3 is 37.2 Å². The molecule has 0 nitrogen and oxygen atoms in total. The number of hydrogen-bond donors (Lipinski definition) is 0. The molecule has 41 valence electrons. The van der Waals surface area contributed by atoms with Crippen molar-refractivity contribution in [2.75, 3.05) is 0 Å². The summed E-state index contributed by atoms with van der Waals surface area (Å²) >= 11 is 0. The van der Waals surface area contributed by atoms with Gasteiger partial charge in [0, 0.05) is 0 Å². The zero-order valence-electron chi connectivity index (χ0n) is 2.84. The molecule has 1 radical (unpaired) electrons. The average Bonchev–Trinajstić information content (AvgIpc) is 0. The molecule has 6 heavy (non-hydrogen) atoms. The van der Waals surface area contributed by atoms with Crippen LogP contribution < -0.4 is 56.1 Å². The van der Waals surface area contributed by atoms with E-state index in [0.717, 1.165) is 0 Å². The van der Waals surface area contributed by atoms with Crippen molar-refractivity contribution in [1.82, 2.24) is 0 Å². The number of rotatable bonds is 0. The van der Waals surface area contributed by atoms with E-state index in [1.807, 2.05) is 0 Å². The summed E-state index contributed by atoms with van der Waals surface area (Å²) in [6.45, 7) is 0. The zero-order valence-corrected chi connectivity index (χ0v) is 6.87. The molecule has 0 aliphatic carbocycles. The fraction of sp³-hybridized carbons (Fsp3) is 0. The van der Waals surface area contributed by atoms with Gasteiger partial charge in [-0.2, -0.15) is 0 Å². The Balaban J connectivity index is 0. The molecule has 0 unspecified atom stereocenters. The molecular formula is HCl4CuLi. The topological polar surface area (TPSA) is 0 Å². The molecule has 0 aromatic rings. The SMILES string of the molecule is Cl.[Cl-].[Cl-].[Cl-].[Cu+2].[Li+]. The van der Waals surface area contributed by atoms with Crippen LogP contribution in [0.5, 0.6) is 0 Å². The third kappa shape index (κ3) is 33.7. The first-order valence-corrected chi connectivity index (χ1v) is 0. The summed E-state index contributed by atoms with van der Waals surface area (Å²) in [4.78, 5) is 0. The maximum atomic E-state index is 0. The van der Waals surface area contributed by atoms with Crippen LogP contribution in [0, 0.1) is 0 Å². The molecule has 0 amide bonds. The second-order valence-electron chi connectivity index (χ2n) is 0. The monoisotopic (exact) mass is 211 g/mol. The molecule has 0 aliphatic rings. The first kappa shape index (κ1) is 84.5. The van der Waals surface area contributed by atoms with Crippen molar-refractivity contribution in [2.24, 2.45) is 0 Å². The molecule has 0 heterocycles. The van der Waals surface area contributed by atoms with Crippen molar-refractivity contribution < 1.29 is 73.2 Å².